The number of carbonyl (C=O) groups excluding carboxylic acids is 3. The Bertz CT molecular complexity index is 876. The molecular weight excluding hydrogens is 636 g/mol. The number of rotatable bonds is 38. The molecule has 0 fully saturated rings. The maximum Gasteiger partial charge on any atom is 0.306 e. The van der Waals surface area contributed by atoms with Crippen LogP contribution in [0.2, 0.25) is 0 Å². The van der Waals surface area contributed by atoms with Crippen molar-refractivity contribution >= 4 is 17.9 Å². The second-order valence-corrected chi connectivity index (χ2v) is 14.2. The van der Waals surface area contributed by atoms with Crippen LogP contribution >= 0.6 is 0 Å². The van der Waals surface area contributed by atoms with Gasteiger partial charge in [0.2, 0.25) is 0 Å². The average Bonchev–Trinajstić information content (AvgIpc) is 3.12. The average molecular weight is 717 g/mol. The number of allylic oxidation sites excluding steroid dienone is 6. The summed E-state index contributed by atoms with van der Waals surface area (Å²) in [6.45, 7) is 6.38. The first-order valence-corrected chi connectivity index (χ1v) is 21.5. The molecule has 0 aromatic rings. The van der Waals surface area contributed by atoms with Gasteiger partial charge in [-0.05, 0) is 83.5 Å². The first-order chi connectivity index (χ1) is 25.0. The molecule has 0 aliphatic carbocycles. The van der Waals surface area contributed by atoms with Gasteiger partial charge in [-0.2, -0.15) is 0 Å². The molecule has 0 aromatic heterocycles. The molecule has 6 nitrogen and oxygen atoms in total. The van der Waals surface area contributed by atoms with E-state index in [2.05, 4.69) is 57.2 Å². The number of esters is 3. The van der Waals surface area contributed by atoms with Gasteiger partial charge in [0.1, 0.15) is 13.2 Å². The summed E-state index contributed by atoms with van der Waals surface area (Å²) in [6, 6.07) is 0. The van der Waals surface area contributed by atoms with Gasteiger partial charge in [0.15, 0.2) is 6.10 Å². The SMILES string of the molecule is CCC=CCCCCCCCC(=O)OCC(COC(=O)CCCCCCCC=CCCCCCCCC)OC(=O)CCCCCCCC=CCC. The quantitative estimate of drug-likeness (QED) is 0.0274. The Kier molecular flexibility index (Phi) is 38.5. The highest BCUT2D eigenvalue weighted by molar-refractivity contribution is 5.71. The predicted molar refractivity (Wildman–Crippen MR) is 215 cm³/mol. The molecule has 1 unspecified atom stereocenters. The lowest BCUT2D eigenvalue weighted by molar-refractivity contribution is -0.167. The third-order valence-corrected chi connectivity index (χ3v) is 9.11. The topological polar surface area (TPSA) is 78.9 Å². The summed E-state index contributed by atoms with van der Waals surface area (Å²) in [5.41, 5.74) is 0. The number of carbonyl (C=O) groups is 3. The highest BCUT2D eigenvalue weighted by Crippen LogP contribution is 2.13. The molecule has 0 heterocycles. The Balaban J connectivity index is 4.33. The fraction of sp³-hybridized carbons (Fsp3) is 0.800. The van der Waals surface area contributed by atoms with E-state index in [1.807, 2.05) is 0 Å². The molecule has 296 valence electrons. The van der Waals surface area contributed by atoms with Crippen molar-refractivity contribution in [1.29, 1.82) is 0 Å². The highest BCUT2D eigenvalue weighted by Gasteiger charge is 2.19. The van der Waals surface area contributed by atoms with Crippen molar-refractivity contribution in [3.63, 3.8) is 0 Å². The van der Waals surface area contributed by atoms with Gasteiger partial charge in [0.25, 0.3) is 0 Å². The van der Waals surface area contributed by atoms with E-state index in [0.29, 0.717) is 19.3 Å². The van der Waals surface area contributed by atoms with Gasteiger partial charge in [0.05, 0.1) is 0 Å². The first kappa shape index (κ1) is 48.6. The Morgan fingerprint density at radius 2 is 0.706 bits per heavy atom. The van der Waals surface area contributed by atoms with Crippen LogP contribution in [0.3, 0.4) is 0 Å². The van der Waals surface area contributed by atoms with Crippen LogP contribution in [-0.2, 0) is 28.6 Å². The number of unbranched alkanes of at least 4 members (excludes halogenated alkanes) is 21. The minimum absolute atomic E-state index is 0.0827. The Morgan fingerprint density at radius 1 is 0.392 bits per heavy atom. The summed E-state index contributed by atoms with van der Waals surface area (Å²) in [7, 11) is 0. The number of ether oxygens (including phenoxy) is 3. The lowest BCUT2D eigenvalue weighted by atomic mass is 10.1. The molecule has 0 aliphatic rings. The van der Waals surface area contributed by atoms with Crippen LogP contribution in [0.1, 0.15) is 213 Å². The number of hydrogen-bond acceptors (Lipinski definition) is 6. The second-order valence-electron chi connectivity index (χ2n) is 14.2. The van der Waals surface area contributed by atoms with Gasteiger partial charge in [-0.25, -0.2) is 0 Å². The molecule has 0 saturated heterocycles. The van der Waals surface area contributed by atoms with Crippen LogP contribution in [0, 0.1) is 0 Å². The maximum absolute atomic E-state index is 12.6. The van der Waals surface area contributed by atoms with E-state index in [4.69, 9.17) is 14.2 Å². The Labute approximate surface area is 315 Å². The first-order valence-electron chi connectivity index (χ1n) is 21.5. The predicted octanol–water partition coefficient (Wildman–Crippen LogP) is 13.4. The van der Waals surface area contributed by atoms with Gasteiger partial charge in [-0.15, -0.1) is 0 Å². The summed E-state index contributed by atoms with van der Waals surface area (Å²) in [5, 5.41) is 0. The van der Waals surface area contributed by atoms with Crippen molar-refractivity contribution in [3.8, 4) is 0 Å². The molecule has 0 N–H and O–H groups in total. The Morgan fingerprint density at radius 3 is 1.08 bits per heavy atom. The normalized spacial score (nSPS) is 12.3. The molecule has 0 radical (unpaired) electrons. The van der Waals surface area contributed by atoms with E-state index >= 15 is 0 Å². The zero-order chi connectivity index (χ0) is 37.3. The van der Waals surface area contributed by atoms with Crippen LogP contribution in [-0.4, -0.2) is 37.2 Å². The van der Waals surface area contributed by atoms with E-state index in [-0.39, 0.29) is 31.1 Å². The van der Waals surface area contributed by atoms with Gasteiger partial charge >= 0.3 is 17.9 Å². The van der Waals surface area contributed by atoms with Gasteiger partial charge < -0.3 is 14.2 Å². The summed E-state index contributed by atoms with van der Waals surface area (Å²) in [6.07, 6.45) is 44.3. The fourth-order valence-corrected chi connectivity index (χ4v) is 5.91. The molecule has 0 bridgehead atoms. The largest absolute Gasteiger partial charge is 0.462 e. The fourth-order valence-electron chi connectivity index (χ4n) is 5.91. The molecule has 51 heavy (non-hydrogen) atoms. The van der Waals surface area contributed by atoms with Crippen molar-refractivity contribution in [2.24, 2.45) is 0 Å². The molecule has 0 aliphatic heterocycles. The summed E-state index contributed by atoms with van der Waals surface area (Å²) in [5.74, 6) is -0.918. The number of hydrogen-bond donors (Lipinski definition) is 0. The zero-order valence-corrected chi connectivity index (χ0v) is 33.6. The minimum Gasteiger partial charge on any atom is -0.462 e. The van der Waals surface area contributed by atoms with Crippen molar-refractivity contribution < 1.29 is 28.6 Å². The lowest BCUT2D eigenvalue weighted by Gasteiger charge is -2.18. The molecule has 0 aromatic carbocycles. The standard InChI is InChI=1S/C45H80O6/c1-4-7-10-13-16-19-20-21-22-23-24-27-29-32-35-38-44(47)50-41-42(51-45(48)39-36-33-30-26-18-15-12-9-6-3)40-49-43(46)37-34-31-28-25-17-14-11-8-5-2/h8-9,11-12,21-22,42H,4-7,10,13-20,23-41H2,1-3H3. The van der Waals surface area contributed by atoms with Crippen molar-refractivity contribution in [1.82, 2.24) is 0 Å². The van der Waals surface area contributed by atoms with Crippen LogP contribution < -0.4 is 0 Å². The van der Waals surface area contributed by atoms with E-state index < -0.39 is 6.10 Å². The molecule has 0 spiro atoms. The van der Waals surface area contributed by atoms with Crippen LogP contribution in [0.5, 0.6) is 0 Å². The lowest BCUT2D eigenvalue weighted by Crippen LogP contribution is -2.30. The summed E-state index contributed by atoms with van der Waals surface area (Å²) >= 11 is 0. The molecule has 1 atom stereocenters. The third kappa shape index (κ3) is 38.7. The Hall–Kier alpha value is -2.37. The molecule has 0 saturated carbocycles. The summed E-state index contributed by atoms with van der Waals surface area (Å²) < 4.78 is 16.6. The van der Waals surface area contributed by atoms with Crippen LogP contribution in [0.25, 0.3) is 0 Å². The molecular formula is C45H80O6. The maximum atomic E-state index is 12.6. The van der Waals surface area contributed by atoms with E-state index in [0.717, 1.165) is 96.3 Å². The monoisotopic (exact) mass is 717 g/mol. The van der Waals surface area contributed by atoms with Crippen LogP contribution in [0.15, 0.2) is 36.5 Å². The molecule has 0 rings (SSSR count). The van der Waals surface area contributed by atoms with E-state index in [1.165, 1.54) is 77.0 Å². The van der Waals surface area contributed by atoms with E-state index in [1.54, 1.807) is 0 Å². The van der Waals surface area contributed by atoms with Crippen LogP contribution in [0.4, 0.5) is 0 Å². The van der Waals surface area contributed by atoms with Crippen molar-refractivity contribution in [3.05, 3.63) is 36.5 Å². The van der Waals surface area contributed by atoms with Gasteiger partial charge in [-0.1, -0.05) is 147 Å². The smallest absolute Gasteiger partial charge is 0.306 e. The second kappa shape index (κ2) is 40.4. The summed E-state index contributed by atoms with van der Waals surface area (Å²) in [4.78, 5) is 37.5. The zero-order valence-electron chi connectivity index (χ0n) is 33.6. The molecule has 0 amide bonds. The van der Waals surface area contributed by atoms with Crippen molar-refractivity contribution in [2.45, 2.75) is 219 Å². The minimum atomic E-state index is -0.777. The van der Waals surface area contributed by atoms with Gasteiger partial charge in [0, 0.05) is 19.3 Å². The van der Waals surface area contributed by atoms with E-state index in [9.17, 15) is 14.4 Å². The van der Waals surface area contributed by atoms with Crippen molar-refractivity contribution in [2.75, 3.05) is 13.2 Å². The highest BCUT2D eigenvalue weighted by atomic mass is 16.6. The molecule has 6 heteroatoms. The van der Waals surface area contributed by atoms with Gasteiger partial charge in [-0.3, -0.25) is 14.4 Å². The third-order valence-electron chi connectivity index (χ3n) is 9.11.